The van der Waals surface area contributed by atoms with Crippen molar-refractivity contribution < 1.29 is 65.4 Å². The van der Waals surface area contributed by atoms with Crippen LogP contribution >= 0.6 is 0 Å². The first-order valence-corrected chi connectivity index (χ1v) is 4.99. The number of hydrogen-bond donors (Lipinski definition) is 0. The summed E-state index contributed by atoms with van der Waals surface area (Å²) in [5.41, 5.74) is 3.18. The minimum absolute atomic E-state index is 0. The van der Waals surface area contributed by atoms with Crippen molar-refractivity contribution in [1.82, 2.24) is 0 Å². The molecule has 0 N–H and O–H groups in total. The molecule has 0 aliphatic rings. The molecule has 0 unspecified atom stereocenters. The third-order valence-electron chi connectivity index (χ3n) is 2.61. The Labute approximate surface area is 152 Å². The van der Waals surface area contributed by atoms with Gasteiger partial charge in [-0.15, -0.1) is 0 Å². The van der Waals surface area contributed by atoms with E-state index in [0.29, 0.717) is 0 Å². The van der Waals surface area contributed by atoms with Gasteiger partial charge >= 0.3 is 0 Å². The average molecular weight is 375 g/mol. The van der Waals surface area contributed by atoms with Crippen molar-refractivity contribution in [2.45, 2.75) is 19.9 Å². The molecular formula is C13H13N2Y2-. The second-order valence-corrected chi connectivity index (χ2v) is 3.67. The summed E-state index contributed by atoms with van der Waals surface area (Å²) < 4.78 is 0. The molecule has 2 nitrogen and oxygen atoms in total. The van der Waals surface area contributed by atoms with E-state index in [1.807, 2.05) is 25.1 Å². The van der Waals surface area contributed by atoms with Crippen LogP contribution in [0.1, 0.15) is 24.1 Å². The topological polar surface area (TPSA) is 24.7 Å². The molecule has 2 radical (unpaired) electrons. The molecule has 0 amide bonds. The molecule has 0 aromatic heterocycles. The van der Waals surface area contributed by atoms with Gasteiger partial charge in [-0.1, -0.05) is 48.5 Å². The summed E-state index contributed by atoms with van der Waals surface area (Å²) in [6, 6.07) is 10.4. The molecule has 0 spiro atoms. The summed E-state index contributed by atoms with van der Waals surface area (Å²) in [5.74, 6) is 0. The van der Waals surface area contributed by atoms with Crippen LogP contribution in [0.4, 0.5) is 5.69 Å². The van der Waals surface area contributed by atoms with Gasteiger partial charge in [0.15, 0.2) is 0 Å². The molecule has 0 heterocycles. The van der Waals surface area contributed by atoms with Gasteiger partial charge in [0.25, 0.3) is 0 Å². The van der Waals surface area contributed by atoms with E-state index in [-0.39, 0.29) is 71.5 Å². The molecular weight excluding hydrogens is 362 g/mol. The SMILES string of the molecule is [CH-]=Nc1c(C)c1=N[C@@H](C)c1ccccc1.[Y].[Y]. The number of hydrogen-bond acceptors (Lipinski definition) is 2. The average Bonchev–Trinajstić information content (AvgIpc) is 2.89. The van der Waals surface area contributed by atoms with E-state index >= 15 is 0 Å². The van der Waals surface area contributed by atoms with E-state index in [0.717, 1.165) is 16.6 Å². The maximum atomic E-state index is 5.22. The third-order valence-corrected chi connectivity index (χ3v) is 2.61. The third kappa shape index (κ3) is 4.28. The predicted molar refractivity (Wildman–Crippen MR) is 62.1 cm³/mol. The van der Waals surface area contributed by atoms with Crippen molar-refractivity contribution in [3.05, 3.63) is 46.8 Å². The van der Waals surface area contributed by atoms with Crippen LogP contribution in [0.5, 0.6) is 0 Å². The first-order valence-electron chi connectivity index (χ1n) is 4.99. The van der Waals surface area contributed by atoms with Crippen LogP contribution in [0.25, 0.3) is 0 Å². The van der Waals surface area contributed by atoms with Gasteiger partial charge in [-0.2, -0.15) is 6.72 Å². The van der Waals surface area contributed by atoms with Gasteiger partial charge in [0.1, 0.15) is 0 Å². The maximum Gasteiger partial charge on any atom is 0.0709 e. The zero-order valence-corrected chi connectivity index (χ0v) is 15.8. The Morgan fingerprint density at radius 1 is 1.12 bits per heavy atom. The Kier molecular flexibility index (Phi) is 8.07. The molecule has 0 aliphatic carbocycles. The molecule has 1 atom stereocenters. The number of aliphatic imine (C=N–C) groups is 1. The summed E-state index contributed by atoms with van der Waals surface area (Å²) in [4.78, 5) is 8.22. The van der Waals surface area contributed by atoms with E-state index in [2.05, 4.69) is 29.0 Å². The van der Waals surface area contributed by atoms with E-state index in [9.17, 15) is 0 Å². The molecule has 2 aromatic rings. The molecule has 0 saturated heterocycles. The smallest absolute Gasteiger partial charge is 0.0709 e. The Morgan fingerprint density at radius 2 is 1.71 bits per heavy atom. The minimum Gasteiger partial charge on any atom is -0.458 e. The quantitative estimate of drug-likeness (QED) is 0.583. The molecule has 82 valence electrons. The van der Waals surface area contributed by atoms with Crippen molar-refractivity contribution in [2.24, 2.45) is 9.98 Å². The maximum absolute atomic E-state index is 5.22. The van der Waals surface area contributed by atoms with Crippen LogP contribution in [0.3, 0.4) is 0 Å². The first kappa shape index (κ1) is 17.5. The summed E-state index contributed by atoms with van der Waals surface area (Å²) in [6.45, 7) is 9.28. The zero-order valence-electron chi connectivity index (χ0n) is 10.1. The van der Waals surface area contributed by atoms with Crippen molar-refractivity contribution in [3.8, 4) is 0 Å². The normalized spacial score (nSPS) is 12.7. The second kappa shape index (κ2) is 7.84. The van der Waals surface area contributed by atoms with E-state index < -0.39 is 0 Å². The minimum atomic E-state index is 0. The fourth-order valence-electron chi connectivity index (χ4n) is 1.57. The van der Waals surface area contributed by atoms with Gasteiger partial charge in [-0.25, -0.2) is 0 Å². The Hall–Kier alpha value is 0.508. The summed E-state index contributed by atoms with van der Waals surface area (Å²) in [5, 5.41) is 0.967. The van der Waals surface area contributed by atoms with Crippen LogP contribution in [-0.4, -0.2) is 6.72 Å². The summed E-state index contributed by atoms with van der Waals surface area (Å²) in [7, 11) is 0. The monoisotopic (exact) mass is 375 g/mol. The van der Waals surface area contributed by atoms with Crippen molar-refractivity contribution in [1.29, 1.82) is 0 Å². The number of benzene rings is 1. The molecule has 0 bridgehead atoms. The number of rotatable bonds is 3. The molecule has 2 aromatic carbocycles. The van der Waals surface area contributed by atoms with Crippen molar-refractivity contribution in [3.63, 3.8) is 0 Å². The van der Waals surface area contributed by atoms with Crippen LogP contribution in [0, 0.1) is 6.92 Å². The van der Waals surface area contributed by atoms with Gasteiger partial charge in [0.2, 0.25) is 0 Å². The predicted octanol–water partition coefficient (Wildman–Crippen LogP) is 2.74. The zero-order chi connectivity index (χ0) is 10.8. The Bertz CT molecular complexity index is 496. The van der Waals surface area contributed by atoms with E-state index in [4.69, 9.17) is 6.72 Å². The molecule has 0 aliphatic heterocycles. The molecule has 0 fully saturated rings. The standard InChI is InChI=1S/C13H13N2.2Y/c1-9-12(14-3)13(9)15-10(2)11-7-5-4-6-8-11;;/h3-8,10H,1-2H3;;/q-1;;/t10-;;/m0../s1. The second-order valence-electron chi connectivity index (χ2n) is 3.67. The molecule has 2 rings (SSSR count). The van der Waals surface area contributed by atoms with Crippen molar-refractivity contribution >= 4 is 12.4 Å². The van der Waals surface area contributed by atoms with Crippen LogP contribution in [0.15, 0.2) is 40.3 Å². The van der Waals surface area contributed by atoms with Gasteiger partial charge in [0, 0.05) is 65.4 Å². The van der Waals surface area contributed by atoms with E-state index in [1.54, 1.807) is 0 Å². The van der Waals surface area contributed by atoms with Gasteiger partial charge < -0.3 is 4.99 Å². The number of nitrogens with zero attached hydrogens (tertiary/aromatic N) is 2. The van der Waals surface area contributed by atoms with E-state index in [1.165, 1.54) is 5.56 Å². The molecule has 4 heteroatoms. The summed E-state index contributed by atoms with van der Waals surface area (Å²) in [6.07, 6.45) is 0. The van der Waals surface area contributed by atoms with Crippen LogP contribution < -0.4 is 5.36 Å². The van der Waals surface area contributed by atoms with Crippen molar-refractivity contribution in [2.75, 3.05) is 0 Å². The Balaban J connectivity index is 0.00000128. The summed E-state index contributed by atoms with van der Waals surface area (Å²) >= 11 is 0. The van der Waals surface area contributed by atoms with Gasteiger partial charge in [-0.3, -0.25) is 4.99 Å². The first-order chi connectivity index (χ1) is 7.24. The fraction of sp³-hybridized carbons (Fsp3) is 0.231. The molecule has 17 heavy (non-hydrogen) atoms. The molecule has 0 saturated carbocycles. The van der Waals surface area contributed by atoms with Crippen LogP contribution in [0.2, 0.25) is 0 Å². The largest absolute Gasteiger partial charge is 0.458 e. The van der Waals surface area contributed by atoms with Crippen LogP contribution in [-0.2, 0) is 65.4 Å². The van der Waals surface area contributed by atoms with Gasteiger partial charge in [-0.05, 0) is 17.8 Å². The Morgan fingerprint density at radius 3 is 2.18 bits per heavy atom. The fourth-order valence-corrected chi connectivity index (χ4v) is 1.57. The van der Waals surface area contributed by atoms with Gasteiger partial charge in [0.05, 0.1) is 6.04 Å².